The highest BCUT2D eigenvalue weighted by molar-refractivity contribution is 5.14. The maximum atomic E-state index is 10.1. The molecular weight excluding hydrogens is 112 g/mol. The van der Waals surface area contributed by atoms with Crippen molar-refractivity contribution in [3.05, 3.63) is 35.9 Å². The molecule has 1 heteroatoms. The fraction of sp³-hybridized carbons (Fsp3) is 0.250. The van der Waals surface area contributed by atoms with Gasteiger partial charge in [-0.15, -0.1) is 0 Å². The number of hydrogen-bond acceptors (Lipinski definition) is 0. The van der Waals surface area contributed by atoms with Gasteiger partial charge in [-0.2, -0.15) is 0 Å². The highest BCUT2D eigenvalue weighted by Gasteiger charge is 1.86. The van der Waals surface area contributed by atoms with E-state index < -0.39 is 0 Å². The second-order valence-electron chi connectivity index (χ2n) is 1.94. The molecule has 0 aliphatic heterocycles. The summed E-state index contributed by atoms with van der Waals surface area (Å²) in [6.07, 6.45) is 0.654. The predicted octanol–water partition coefficient (Wildman–Crippen LogP) is 1.66. The third kappa shape index (κ3) is 1.86. The van der Waals surface area contributed by atoms with Crippen LogP contribution < -0.4 is 0 Å². The standard InChI is InChI=1S/C8H9O/c9-7-6-8-4-2-1-3-5-8/h1-5H,6-7H2. The molecule has 0 atom stereocenters. The average Bonchev–Trinajstić information content (AvgIpc) is 1.91. The lowest BCUT2D eigenvalue weighted by Gasteiger charge is -1.92. The van der Waals surface area contributed by atoms with Crippen molar-refractivity contribution in [3.8, 4) is 0 Å². The van der Waals surface area contributed by atoms with Gasteiger partial charge >= 0.3 is 0 Å². The van der Waals surface area contributed by atoms with E-state index in [1.807, 2.05) is 30.3 Å². The van der Waals surface area contributed by atoms with Gasteiger partial charge in [-0.05, 0) is 12.0 Å². The van der Waals surface area contributed by atoms with Gasteiger partial charge in [0.15, 0.2) is 0 Å². The first-order chi connectivity index (χ1) is 4.43. The fourth-order valence-electron chi connectivity index (χ4n) is 0.763. The molecule has 9 heavy (non-hydrogen) atoms. The van der Waals surface area contributed by atoms with Gasteiger partial charge in [0.25, 0.3) is 0 Å². The summed E-state index contributed by atoms with van der Waals surface area (Å²) in [5.74, 6) is 0. The van der Waals surface area contributed by atoms with Crippen LogP contribution in [0.1, 0.15) is 5.56 Å². The summed E-state index contributed by atoms with van der Waals surface area (Å²) < 4.78 is 0. The Labute approximate surface area is 55.0 Å². The Kier molecular flexibility index (Phi) is 2.28. The highest BCUT2D eigenvalue weighted by atomic mass is 16.2. The van der Waals surface area contributed by atoms with Crippen LogP contribution in [-0.4, -0.2) is 6.61 Å². The third-order valence-electron chi connectivity index (χ3n) is 1.23. The van der Waals surface area contributed by atoms with Crippen LogP contribution >= 0.6 is 0 Å². The van der Waals surface area contributed by atoms with E-state index in [2.05, 4.69) is 0 Å². The molecule has 1 nitrogen and oxygen atoms in total. The SMILES string of the molecule is [O]CCc1ccccc1. The first kappa shape index (κ1) is 6.30. The lowest BCUT2D eigenvalue weighted by atomic mass is 10.2. The minimum Gasteiger partial charge on any atom is -0.236 e. The van der Waals surface area contributed by atoms with Crippen LogP contribution in [-0.2, 0) is 11.5 Å². The Morgan fingerprint density at radius 2 is 1.78 bits per heavy atom. The zero-order valence-electron chi connectivity index (χ0n) is 5.21. The van der Waals surface area contributed by atoms with Crippen molar-refractivity contribution in [1.29, 1.82) is 0 Å². The molecule has 0 saturated heterocycles. The van der Waals surface area contributed by atoms with E-state index in [0.29, 0.717) is 6.42 Å². The van der Waals surface area contributed by atoms with Crippen molar-refractivity contribution in [2.24, 2.45) is 0 Å². The average molecular weight is 121 g/mol. The Hall–Kier alpha value is -0.820. The Bertz CT molecular complexity index is 157. The van der Waals surface area contributed by atoms with E-state index in [0.717, 1.165) is 5.56 Å². The van der Waals surface area contributed by atoms with Gasteiger partial charge in [0, 0.05) is 0 Å². The molecule has 0 unspecified atom stereocenters. The molecule has 0 bridgehead atoms. The van der Waals surface area contributed by atoms with Crippen LogP contribution in [0.15, 0.2) is 30.3 Å². The second kappa shape index (κ2) is 3.25. The molecule has 0 amide bonds. The molecule has 1 aromatic carbocycles. The monoisotopic (exact) mass is 121 g/mol. The molecule has 0 spiro atoms. The largest absolute Gasteiger partial charge is 0.236 e. The highest BCUT2D eigenvalue weighted by Crippen LogP contribution is 1.97. The smallest absolute Gasteiger partial charge is 0.0862 e. The van der Waals surface area contributed by atoms with Gasteiger partial charge < -0.3 is 0 Å². The van der Waals surface area contributed by atoms with Crippen molar-refractivity contribution < 1.29 is 5.11 Å². The van der Waals surface area contributed by atoms with Crippen molar-refractivity contribution >= 4 is 0 Å². The number of hydrogen-bond donors (Lipinski definition) is 0. The van der Waals surface area contributed by atoms with Gasteiger partial charge in [-0.3, -0.25) is 0 Å². The van der Waals surface area contributed by atoms with Gasteiger partial charge in [-0.1, -0.05) is 30.3 Å². The van der Waals surface area contributed by atoms with Gasteiger partial charge in [0.2, 0.25) is 0 Å². The molecule has 0 saturated carbocycles. The van der Waals surface area contributed by atoms with Crippen LogP contribution in [0.2, 0.25) is 0 Å². The summed E-state index contributed by atoms with van der Waals surface area (Å²) in [6.45, 7) is -0.00991. The molecule has 1 radical (unpaired) electrons. The molecule has 0 aliphatic carbocycles. The summed E-state index contributed by atoms with van der Waals surface area (Å²) in [7, 11) is 0. The summed E-state index contributed by atoms with van der Waals surface area (Å²) in [4.78, 5) is 0. The molecule has 47 valence electrons. The minimum absolute atomic E-state index is 0.00991. The summed E-state index contributed by atoms with van der Waals surface area (Å²) in [5, 5.41) is 10.1. The van der Waals surface area contributed by atoms with Crippen molar-refractivity contribution in [2.45, 2.75) is 6.42 Å². The molecule has 0 heterocycles. The fourth-order valence-corrected chi connectivity index (χ4v) is 0.763. The van der Waals surface area contributed by atoms with E-state index in [9.17, 15) is 5.11 Å². The maximum absolute atomic E-state index is 10.1. The molecule has 0 fully saturated rings. The van der Waals surface area contributed by atoms with Crippen molar-refractivity contribution in [1.82, 2.24) is 0 Å². The van der Waals surface area contributed by atoms with E-state index in [4.69, 9.17) is 0 Å². The Morgan fingerprint density at radius 3 is 2.33 bits per heavy atom. The van der Waals surface area contributed by atoms with Crippen LogP contribution in [0, 0.1) is 0 Å². The molecule has 0 aromatic heterocycles. The van der Waals surface area contributed by atoms with Gasteiger partial charge in [-0.25, -0.2) is 5.11 Å². The lowest BCUT2D eigenvalue weighted by Crippen LogP contribution is -1.86. The van der Waals surface area contributed by atoms with Crippen LogP contribution in [0.3, 0.4) is 0 Å². The number of rotatable bonds is 2. The normalized spacial score (nSPS) is 9.44. The zero-order chi connectivity index (χ0) is 6.53. The Morgan fingerprint density at radius 1 is 1.11 bits per heavy atom. The van der Waals surface area contributed by atoms with Gasteiger partial charge in [0.1, 0.15) is 0 Å². The molecular formula is C8H9O. The van der Waals surface area contributed by atoms with Gasteiger partial charge in [0.05, 0.1) is 6.61 Å². The zero-order valence-corrected chi connectivity index (χ0v) is 5.21. The first-order valence-corrected chi connectivity index (χ1v) is 3.05. The Balaban J connectivity index is 2.61. The minimum atomic E-state index is -0.00991. The van der Waals surface area contributed by atoms with Crippen LogP contribution in [0.5, 0.6) is 0 Å². The second-order valence-corrected chi connectivity index (χ2v) is 1.94. The van der Waals surface area contributed by atoms with Crippen molar-refractivity contribution in [2.75, 3.05) is 6.61 Å². The summed E-state index contributed by atoms with van der Waals surface area (Å²) in [6, 6.07) is 9.79. The van der Waals surface area contributed by atoms with E-state index in [1.165, 1.54) is 0 Å². The third-order valence-corrected chi connectivity index (χ3v) is 1.23. The number of benzene rings is 1. The molecule has 1 rings (SSSR count). The lowest BCUT2D eigenvalue weighted by molar-refractivity contribution is 0.197. The van der Waals surface area contributed by atoms with Crippen molar-refractivity contribution in [3.63, 3.8) is 0 Å². The maximum Gasteiger partial charge on any atom is 0.0862 e. The summed E-state index contributed by atoms with van der Waals surface area (Å²) in [5.41, 5.74) is 1.13. The molecule has 0 N–H and O–H groups in total. The predicted molar refractivity (Wildman–Crippen MR) is 35.7 cm³/mol. The quantitative estimate of drug-likeness (QED) is 0.567. The molecule has 0 aliphatic rings. The van der Waals surface area contributed by atoms with E-state index in [1.54, 1.807) is 0 Å². The molecule has 1 aromatic rings. The summed E-state index contributed by atoms with van der Waals surface area (Å²) >= 11 is 0. The topological polar surface area (TPSA) is 19.9 Å². The first-order valence-electron chi connectivity index (χ1n) is 3.05. The van der Waals surface area contributed by atoms with E-state index in [-0.39, 0.29) is 6.61 Å². The van der Waals surface area contributed by atoms with Crippen LogP contribution in [0.4, 0.5) is 0 Å². The van der Waals surface area contributed by atoms with Crippen LogP contribution in [0.25, 0.3) is 0 Å². The van der Waals surface area contributed by atoms with E-state index >= 15 is 0 Å².